The van der Waals surface area contributed by atoms with Crippen molar-refractivity contribution in [3.63, 3.8) is 0 Å². The van der Waals surface area contributed by atoms with Crippen LogP contribution in [0.25, 0.3) is 0 Å². The lowest BCUT2D eigenvalue weighted by Crippen LogP contribution is -2.55. The van der Waals surface area contributed by atoms with Gasteiger partial charge in [0.25, 0.3) is 5.91 Å². The number of nitrogens with zero attached hydrogens (tertiary/aromatic N) is 1. The summed E-state index contributed by atoms with van der Waals surface area (Å²) in [5.41, 5.74) is 7.86. The van der Waals surface area contributed by atoms with Crippen molar-refractivity contribution in [1.82, 2.24) is 26.2 Å². The molecule has 52 heavy (non-hydrogen) atoms. The van der Waals surface area contributed by atoms with E-state index in [2.05, 4.69) is 21.3 Å². The third kappa shape index (κ3) is 11.2. The summed E-state index contributed by atoms with van der Waals surface area (Å²) in [7, 11) is 2.98. The molecule has 0 aliphatic carbocycles. The number of rotatable bonds is 6. The standard InChI is InChI=1S/C38H48N6O8/c1-24(39)38(49)44-19-9-8-18-40-36(47)27-14-17-31(50-3)33(20-27)52-29-15-13-28(32(21-29)51-4)22-41-35(46)25(2)42-37(48)30(43-34(45)23-44)16-12-26-10-6-5-7-11-26/h5-7,10-11,13-15,17,20-21,24-25,30H,8-9,12,16,18-19,22-23,39H2,1-4H3,(H,40,47)(H,41,46)(H,42,48)(H,43,45)/t24-,25+,30+/m1/s1. The quantitative estimate of drug-likeness (QED) is 0.239. The van der Waals surface area contributed by atoms with Gasteiger partial charge in [0, 0.05) is 36.8 Å². The lowest BCUT2D eigenvalue weighted by atomic mass is 10.0. The average molecular weight is 717 g/mol. The van der Waals surface area contributed by atoms with Crippen LogP contribution < -0.4 is 41.2 Å². The topological polar surface area (TPSA) is 190 Å². The molecule has 2 heterocycles. The second-order valence-corrected chi connectivity index (χ2v) is 12.5. The van der Waals surface area contributed by atoms with Crippen molar-refractivity contribution in [3.05, 3.63) is 83.4 Å². The molecule has 0 spiro atoms. The minimum atomic E-state index is -0.996. The van der Waals surface area contributed by atoms with Gasteiger partial charge in [-0.15, -0.1) is 0 Å². The molecule has 6 N–H and O–H groups in total. The Morgan fingerprint density at radius 1 is 0.923 bits per heavy atom. The number of benzene rings is 3. The van der Waals surface area contributed by atoms with Gasteiger partial charge in [-0.05, 0) is 75.4 Å². The van der Waals surface area contributed by atoms with Gasteiger partial charge in [0.2, 0.25) is 23.6 Å². The van der Waals surface area contributed by atoms with E-state index >= 15 is 0 Å². The fraction of sp³-hybridized carbons (Fsp3) is 0.395. The number of aryl methyl sites for hydroxylation is 1. The summed E-state index contributed by atoms with van der Waals surface area (Å²) in [6.07, 6.45) is 1.69. The molecule has 2 aliphatic heterocycles. The molecule has 0 saturated heterocycles. The van der Waals surface area contributed by atoms with Crippen LogP contribution in [0.5, 0.6) is 23.0 Å². The highest BCUT2D eigenvalue weighted by Crippen LogP contribution is 2.34. The predicted molar refractivity (Wildman–Crippen MR) is 194 cm³/mol. The second kappa shape index (κ2) is 19.1. The van der Waals surface area contributed by atoms with Crippen LogP contribution in [0.3, 0.4) is 0 Å². The molecule has 3 aromatic rings. The largest absolute Gasteiger partial charge is 0.496 e. The van der Waals surface area contributed by atoms with Crippen LogP contribution in [-0.4, -0.2) is 86.4 Å². The Hall–Kier alpha value is -5.63. The molecule has 3 aromatic carbocycles. The number of nitrogens with two attached hydrogens (primary N) is 1. The van der Waals surface area contributed by atoms with Gasteiger partial charge in [0.1, 0.15) is 23.6 Å². The van der Waals surface area contributed by atoms with Crippen LogP contribution in [0.2, 0.25) is 0 Å². The smallest absolute Gasteiger partial charge is 0.251 e. The van der Waals surface area contributed by atoms with E-state index in [-0.39, 0.29) is 32.0 Å². The van der Waals surface area contributed by atoms with E-state index in [1.807, 2.05) is 30.3 Å². The van der Waals surface area contributed by atoms with Crippen LogP contribution in [-0.2, 0) is 32.1 Å². The first kappa shape index (κ1) is 39.2. The van der Waals surface area contributed by atoms with Crippen LogP contribution in [0.1, 0.15) is 54.6 Å². The summed E-state index contributed by atoms with van der Waals surface area (Å²) in [5.74, 6) is -0.756. The van der Waals surface area contributed by atoms with Gasteiger partial charge in [-0.25, -0.2) is 0 Å². The molecule has 5 rings (SSSR count). The van der Waals surface area contributed by atoms with E-state index in [1.165, 1.54) is 26.0 Å². The second-order valence-electron chi connectivity index (χ2n) is 12.5. The van der Waals surface area contributed by atoms with Gasteiger partial charge in [0.15, 0.2) is 11.5 Å². The van der Waals surface area contributed by atoms with Gasteiger partial charge in [0.05, 0.1) is 26.8 Å². The van der Waals surface area contributed by atoms with Crippen LogP contribution in [0.4, 0.5) is 0 Å². The number of ether oxygens (including phenoxy) is 3. The molecule has 0 unspecified atom stereocenters. The molecule has 278 valence electrons. The maximum atomic E-state index is 13.5. The van der Waals surface area contributed by atoms with E-state index in [0.717, 1.165) is 5.56 Å². The normalized spacial score (nSPS) is 18.7. The Morgan fingerprint density at radius 3 is 2.38 bits per heavy atom. The molecule has 3 atom stereocenters. The van der Waals surface area contributed by atoms with E-state index in [1.54, 1.807) is 43.3 Å². The van der Waals surface area contributed by atoms with Crippen molar-refractivity contribution in [2.45, 2.75) is 64.2 Å². The van der Waals surface area contributed by atoms with Gasteiger partial charge in [-0.3, -0.25) is 24.0 Å². The molecular weight excluding hydrogens is 668 g/mol. The molecule has 2 aliphatic rings. The molecule has 0 fully saturated rings. The zero-order valence-corrected chi connectivity index (χ0v) is 30.0. The predicted octanol–water partition coefficient (Wildman–Crippen LogP) is 2.43. The molecule has 4 bridgehead atoms. The number of nitrogens with one attached hydrogen (secondary N) is 4. The summed E-state index contributed by atoms with van der Waals surface area (Å²) in [5, 5.41) is 11.2. The van der Waals surface area contributed by atoms with Gasteiger partial charge in [-0.1, -0.05) is 30.3 Å². The molecule has 14 nitrogen and oxygen atoms in total. The minimum absolute atomic E-state index is 0.0824. The van der Waals surface area contributed by atoms with Crippen molar-refractivity contribution in [2.24, 2.45) is 5.73 Å². The number of fused-ring (bicyclic) bond motifs is 18. The van der Waals surface area contributed by atoms with E-state index in [0.29, 0.717) is 59.9 Å². The van der Waals surface area contributed by atoms with Gasteiger partial charge < -0.3 is 46.1 Å². The van der Waals surface area contributed by atoms with Gasteiger partial charge in [-0.2, -0.15) is 0 Å². The van der Waals surface area contributed by atoms with E-state index < -0.39 is 41.8 Å². The Morgan fingerprint density at radius 2 is 1.67 bits per heavy atom. The first-order chi connectivity index (χ1) is 25.0. The van der Waals surface area contributed by atoms with Crippen LogP contribution in [0.15, 0.2) is 66.7 Å². The number of hydrogen-bond acceptors (Lipinski definition) is 9. The number of hydrogen-bond donors (Lipinski definition) is 5. The molecule has 5 amide bonds. The fourth-order valence-corrected chi connectivity index (χ4v) is 5.60. The molecule has 0 radical (unpaired) electrons. The van der Waals surface area contributed by atoms with Crippen molar-refractivity contribution < 1.29 is 38.2 Å². The average Bonchev–Trinajstić information content (AvgIpc) is 3.14. The van der Waals surface area contributed by atoms with Crippen LogP contribution >= 0.6 is 0 Å². The maximum absolute atomic E-state index is 13.5. The third-order valence-corrected chi connectivity index (χ3v) is 8.51. The minimum Gasteiger partial charge on any atom is -0.496 e. The van der Waals surface area contributed by atoms with Crippen molar-refractivity contribution in [2.75, 3.05) is 33.9 Å². The Balaban J connectivity index is 1.59. The van der Waals surface area contributed by atoms with Gasteiger partial charge >= 0.3 is 0 Å². The summed E-state index contributed by atoms with van der Waals surface area (Å²) < 4.78 is 17.1. The zero-order chi connectivity index (χ0) is 37.6. The Labute approximate surface area is 303 Å². The molecule has 0 aromatic heterocycles. The maximum Gasteiger partial charge on any atom is 0.251 e. The zero-order valence-electron chi connectivity index (χ0n) is 30.0. The number of carbonyl (C=O) groups excluding carboxylic acids is 5. The Kier molecular flexibility index (Phi) is 14.4. The molecule has 14 heteroatoms. The summed E-state index contributed by atoms with van der Waals surface area (Å²) in [6.45, 7) is 3.35. The highest BCUT2D eigenvalue weighted by molar-refractivity contribution is 5.95. The highest BCUT2D eigenvalue weighted by atomic mass is 16.5. The number of methoxy groups -OCH3 is 2. The number of carbonyl (C=O) groups is 5. The lowest BCUT2D eigenvalue weighted by Gasteiger charge is -2.26. The SMILES string of the molecule is COc1cc2ccc1CNC(=O)[C@H](C)NC(=O)[C@H](CCc1ccccc1)NC(=O)CN(C(=O)[C@@H](C)N)CCCCNC(=O)c1ccc(OC)c(c1)O2. The highest BCUT2D eigenvalue weighted by Gasteiger charge is 2.27. The monoisotopic (exact) mass is 716 g/mol. The van der Waals surface area contributed by atoms with E-state index in [9.17, 15) is 24.0 Å². The van der Waals surface area contributed by atoms with Crippen molar-refractivity contribution >= 4 is 29.5 Å². The van der Waals surface area contributed by atoms with Crippen molar-refractivity contribution in [1.29, 1.82) is 0 Å². The third-order valence-electron chi connectivity index (χ3n) is 8.51. The lowest BCUT2D eigenvalue weighted by molar-refractivity contribution is -0.138. The first-order valence-electron chi connectivity index (χ1n) is 17.3. The van der Waals surface area contributed by atoms with E-state index in [4.69, 9.17) is 19.9 Å². The molecular formula is C38H48N6O8. The summed E-state index contributed by atoms with van der Waals surface area (Å²) in [6, 6.07) is 16.6. The number of amides is 5. The van der Waals surface area contributed by atoms with Crippen LogP contribution in [0, 0.1) is 0 Å². The van der Waals surface area contributed by atoms with Crippen molar-refractivity contribution in [3.8, 4) is 23.0 Å². The summed E-state index contributed by atoms with van der Waals surface area (Å²) >= 11 is 0. The fourth-order valence-electron chi connectivity index (χ4n) is 5.60. The first-order valence-corrected chi connectivity index (χ1v) is 17.3. The molecule has 0 saturated carbocycles. The summed E-state index contributed by atoms with van der Waals surface area (Å²) in [4.78, 5) is 67.5. The Bertz CT molecular complexity index is 1720.